The van der Waals surface area contributed by atoms with Crippen molar-refractivity contribution in [2.75, 3.05) is 27.4 Å². The molecule has 0 radical (unpaired) electrons. The standard InChI is InChI=1S/C54H67N6O7PSi/c1-38(2)60(39(3)4)68(64-34-18-33-55)66-49-47(35-63-54(41-21-16-13-17-22-41,42-24-28-44(61-8)29-25-42)43-26-30-45(62-9)31-27-43)65-52(50(49)67-69(10,11)53(5,6)7)59-37-58-48-46(56-36-57-51(48)59)32-23-40-19-14-12-15-20-40/h12-17,19-32,36-39,47,49-50,52H,18,34-35H2,1-11H3/t47-,49-,50-,52-,68?/m1/s1. The van der Waals surface area contributed by atoms with Crippen molar-refractivity contribution in [3.05, 3.63) is 150 Å². The van der Waals surface area contributed by atoms with Crippen molar-refractivity contribution in [3.63, 3.8) is 0 Å². The monoisotopic (exact) mass is 970 g/mol. The highest BCUT2D eigenvalue weighted by atomic mass is 31.2. The van der Waals surface area contributed by atoms with E-state index in [0.29, 0.717) is 16.9 Å². The highest BCUT2D eigenvalue weighted by Crippen LogP contribution is 2.53. The Morgan fingerprint density at radius 3 is 1.91 bits per heavy atom. The Kier molecular flexibility index (Phi) is 16.9. The predicted molar refractivity (Wildman–Crippen MR) is 275 cm³/mol. The number of nitrogens with zero attached hydrogens (tertiary/aromatic N) is 6. The lowest BCUT2D eigenvalue weighted by Crippen LogP contribution is -2.50. The van der Waals surface area contributed by atoms with E-state index in [1.54, 1.807) is 26.9 Å². The number of imidazole rings is 1. The molecule has 2 aromatic heterocycles. The fraction of sp³-hybridized carbons (Fsp3) is 0.407. The molecule has 7 rings (SSSR count). The van der Waals surface area contributed by atoms with Crippen LogP contribution in [0.25, 0.3) is 23.3 Å². The summed E-state index contributed by atoms with van der Waals surface area (Å²) >= 11 is 0. The van der Waals surface area contributed by atoms with Crippen LogP contribution < -0.4 is 9.47 Å². The number of ether oxygens (including phenoxy) is 4. The topological polar surface area (TPSA) is 135 Å². The first-order valence-electron chi connectivity index (χ1n) is 23.6. The fourth-order valence-corrected chi connectivity index (χ4v) is 11.5. The summed E-state index contributed by atoms with van der Waals surface area (Å²) < 4.78 is 52.1. The molecule has 0 bridgehead atoms. The largest absolute Gasteiger partial charge is 0.497 e. The van der Waals surface area contributed by atoms with Crippen LogP contribution in [-0.2, 0) is 28.5 Å². The summed E-state index contributed by atoms with van der Waals surface area (Å²) in [6, 6.07) is 38.6. The minimum Gasteiger partial charge on any atom is -0.497 e. The first-order valence-corrected chi connectivity index (χ1v) is 27.6. The van der Waals surface area contributed by atoms with Gasteiger partial charge in [0.15, 0.2) is 20.2 Å². The van der Waals surface area contributed by atoms with E-state index in [1.807, 2.05) is 114 Å². The Morgan fingerprint density at radius 2 is 1.36 bits per heavy atom. The molecule has 0 N–H and O–H groups in total. The van der Waals surface area contributed by atoms with Crippen molar-refractivity contribution >= 4 is 40.2 Å². The quantitative estimate of drug-likeness (QED) is 0.0294. The second-order valence-electron chi connectivity index (χ2n) is 19.2. The van der Waals surface area contributed by atoms with E-state index < -0.39 is 47.0 Å². The van der Waals surface area contributed by atoms with Crippen molar-refractivity contribution in [2.45, 2.75) is 115 Å². The number of fused-ring (bicyclic) bond motifs is 1. The molecule has 0 spiro atoms. The van der Waals surface area contributed by atoms with E-state index in [4.69, 9.17) is 42.4 Å². The number of nitriles is 1. The van der Waals surface area contributed by atoms with Gasteiger partial charge < -0.3 is 32.4 Å². The minimum absolute atomic E-state index is 0.0401. The van der Waals surface area contributed by atoms with Gasteiger partial charge in [0.25, 0.3) is 8.53 Å². The van der Waals surface area contributed by atoms with Gasteiger partial charge in [-0.25, -0.2) is 19.6 Å². The lowest BCUT2D eigenvalue weighted by molar-refractivity contribution is -0.0926. The molecule has 4 aromatic carbocycles. The predicted octanol–water partition coefficient (Wildman–Crippen LogP) is 12.0. The van der Waals surface area contributed by atoms with Crippen LogP contribution in [0, 0.1) is 11.3 Å². The molecule has 6 aromatic rings. The van der Waals surface area contributed by atoms with Gasteiger partial charge in [0, 0.05) is 12.1 Å². The van der Waals surface area contributed by atoms with Crippen LogP contribution >= 0.6 is 8.53 Å². The van der Waals surface area contributed by atoms with Crippen LogP contribution in [0.3, 0.4) is 0 Å². The molecule has 3 heterocycles. The normalized spacial score (nSPS) is 18.4. The average molecular weight is 971 g/mol. The third-order valence-electron chi connectivity index (χ3n) is 12.9. The first kappa shape index (κ1) is 51.5. The summed E-state index contributed by atoms with van der Waals surface area (Å²) in [5, 5.41) is 9.48. The van der Waals surface area contributed by atoms with Crippen molar-refractivity contribution < 1.29 is 32.4 Å². The molecular weight excluding hydrogens is 904 g/mol. The smallest absolute Gasteiger partial charge is 0.259 e. The van der Waals surface area contributed by atoms with Gasteiger partial charge >= 0.3 is 0 Å². The number of rotatable bonds is 21. The van der Waals surface area contributed by atoms with Gasteiger partial charge in [0.05, 0.1) is 51.9 Å². The summed E-state index contributed by atoms with van der Waals surface area (Å²) in [6.45, 7) is 19.9. The molecule has 69 heavy (non-hydrogen) atoms. The van der Waals surface area contributed by atoms with Gasteiger partial charge in [-0.2, -0.15) is 5.26 Å². The highest BCUT2D eigenvalue weighted by Gasteiger charge is 2.54. The molecule has 0 aliphatic carbocycles. The van der Waals surface area contributed by atoms with Crippen LogP contribution in [0.15, 0.2) is 122 Å². The van der Waals surface area contributed by atoms with Crippen LogP contribution in [0.1, 0.15) is 89.1 Å². The third-order valence-corrected chi connectivity index (χ3v) is 19.5. The Hall–Kier alpha value is -5.33. The molecule has 15 heteroatoms. The molecule has 0 saturated carbocycles. The van der Waals surface area contributed by atoms with Gasteiger partial charge in [0.1, 0.15) is 47.3 Å². The van der Waals surface area contributed by atoms with Gasteiger partial charge in [-0.05, 0) is 98.4 Å². The summed E-state index contributed by atoms with van der Waals surface area (Å²) in [5.41, 5.74) is 4.40. The van der Waals surface area contributed by atoms with Crippen LogP contribution in [-0.4, -0.2) is 90.3 Å². The zero-order valence-electron chi connectivity index (χ0n) is 41.8. The Morgan fingerprint density at radius 1 is 0.783 bits per heavy atom. The number of methoxy groups -OCH3 is 2. The Bertz CT molecular complexity index is 2580. The van der Waals surface area contributed by atoms with E-state index >= 15 is 0 Å². The van der Waals surface area contributed by atoms with E-state index in [1.165, 1.54) is 0 Å². The second kappa shape index (κ2) is 22.6. The molecule has 364 valence electrons. The molecular formula is C54H67N6O7PSi. The van der Waals surface area contributed by atoms with E-state index in [9.17, 15) is 5.26 Å². The zero-order valence-corrected chi connectivity index (χ0v) is 43.7. The summed E-state index contributed by atoms with van der Waals surface area (Å²) in [4.78, 5) is 14.4. The number of hydrogen-bond acceptors (Lipinski definition) is 12. The van der Waals surface area contributed by atoms with Crippen molar-refractivity contribution in [1.29, 1.82) is 5.26 Å². The molecule has 0 amide bonds. The molecule has 5 atom stereocenters. The minimum atomic E-state index is -2.61. The highest BCUT2D eigenvalue weighted by molar-refractivity contribution is 7.44. The summed E-state index contributed by atoms with van der Waals surface area (Å²) in [6.07, 6.45) is 4.52. The summed E-state index contributed by atoms with van der Waals surface area (Å²) in [5.74, 6) is 1.44. The van der Waals surface area contributed by atoms with E-state index in [2.05, 4.69) is 89.4 Å². The summed E-state index contributed by atoms with van der Waals surface area (Å²) in [7, 11) is -1.07. The average Bonchev–Trinajstić information content (AvgIpc) is 3.92. The van der Waals surface area contributed by atoms with Crippen molar-refractivity contribution in [3.8, 4) is 17.6 Å². The molecule has 1 unspecified atom stereocenters. The molecule has 13 nitrogen and oxygen atoms in total. The Labute approximate surface area is 410 Å². The SMILES string of the molecule is COc1ccc(C(OC[C@H]2O[C@@H](n3cnc4c(C=Cc5ccccc5)ncnc43)[C@H](O[Si](C)(C)C(C)(C)C)[C@@H]2OP(OCCC#N)N(C(C)C)C(C)C)(c2ccccc2)c2ccc(OC)cc2)cc1. The van der Waals surface area contributed by atoms with Gasteiger partial charge in [-0.15, -0.1) is 0 Å². The maximum atomic E-state index is 9.67. The molecule has 1 fully saturated rings. The van der Waals surface area contributed by atoms with Crippen LogP contribution in [0.2, 0.25) is 18.1 Å². The molecule has 1 saturated heterocycles. The van der Waals surface area contributed by atoms with E-state index in [0.717, 1.165) is 33.8 Å². The first-order chi connectivity index (χ1) is 33.1. The lowest BCUT2D eigenvalue weighted by atomic mass is 9.80. The Balaban J connectivity index is 1.41. The number of aromatic nitrogens is 4. The molecule has 1 aliphatic rings. The zero-order chi connectivity index (χ0) is 49.3. The maximum absolute atomic E-state index is 9.67. The van der Waals surface area contributed by atoms with Crippen LogP contribution in [0.5, 0.6) is 11.5 Å². The third kappa shape index (κ3) is 11.5. The fourth-order valence-electron chi connectivity index (χ4n) is 8.43. The maximum Gasteiger partial charge on any atom is 0.259 e. The van der Waals surface area contributed by atoms with E-state index in [-0.39, 0.29) is 36.8 Å². The molecule has 1 aliphatic heterocycles. The second-order valence-corrected chi connectivity index (χ2v) is 25.3. The van der Waals surface area contributed by atoms with Crippen LogP contribution in [0.4, 0.5) is 0 Å². The number of benzene rings is 4. The lowest BCUT2D eigenvalue weighted by Gasteiger charge is -2.42. The van der Waals surface area contributed by atoms with Gasteiger partial charge in [0.2, 0.25) is 0 Å². The number of hydrogen-bond donors (Lipinski definition) is 0. The van der Waals surface area contributed by atoms with Crippen molar-refractivity contribution in [1.82, 2.24) is 24.2 Å². The van der Waals surface area contributed by atoms with Crippen molar-refractivity contribution in [2.24, 2.45) is 0 Å². The van der Waals surface area contributed by atoms with Gasteiger partial charge in [-0.3, -0.25) is 4.57 Å². The van der Waals surface area contributed by atoms with Gasteiger partial charge in [-0.1, -0.05) is 112 Å².